The van der Waals surface area contributed by atoms with Crippen LogP contribution >= 0.6 is 11.3 Å². The van der Waals surface area contributed by atoms with Gasteiger partial charge in [-0.2, -0.15) is 0 Å². The number of likely N-dealkylation sites (tertiary alicyclic amines) is 1. The lowest BCUT2D eigenvalue weighted by atomic mass is 9.96. The summed E-state index contributed by atoms with van der Waals surface area (Å²) in [4.78, 5) is 31.6. The van der Waals surface area contributed by atoms with Crippen LogP contribution in [0.2, 0.25) is 0 Å². The average Bonchev–Trinajstić information content (AvgIpc) is 3.33. The zero-order chi connectivity index (χ0) is 23.0. The largest absolute Gasteiger partial charge is 0.493 e. The first-order valence-corrected chi connectivity index (χ1v) is 12.3. The minimum atomic E-state index is -0.106. The van der Waals surface area contributed by atoms with Gasteiger partial charge in [-0.05, 0) is 37.0 Å². The quantitative estimate of drug-likeness (QED) is 0.509. The number of anilines is 1. The molecule has 0 atom stereocenters. The molecule has 1 aliphatic heterocycles. The molecule has 33 heavy (non-hydrogen) atoms. The van der Waals surface area contributed by atoms with Crippen LogP contribution in [0, 0.1) is 5.92 Å². The van der Waals surface area contributed by atoms with E-state index in [0.29, 0.717) is 44.1 Å². The van der Waals surface area contributed by atoms with Crippen molar-refractivity contribution in [1.29, 1.82) is 0 Å². The van der Waals surface area contributed by atoms with Gasteiger partial charge in [0.25, 0.3) is 0 Å². The zero-order valence-corrected chi connectivity index (χ0v) is 19.6. The minimum Gasteiger partial charge on any atom is -0.493 e. The summed E-state index contributed by atoms with van der Waals surface area (Å²) in [7, 11) is 0. The van der Waals surface area contributed by atoms with Crippen molar-refractivity contribution in [3.8, 4) is 17.0 Å². The van der Waals surface area contributed by atoms with Gasteiger partial charge in [-0.25, -0.2) is 4.98 Å². The molecule has 2 aromatic carbocycles. The van der Waals surface area contributed by atoms with Crippen molar-refractivity contribution in [2.45, 2.75) is 32.6 Å². The number of hydrogen-bond donors (Lipinski definition) is 1. The van der Waals surface area contributed by atoms with Gasteiger partial charge in [0, 0.05) is 30.0 Å². The van der Waals surface area contributed by atoms with Crippen molar-refractivity contribution in [2.75, 3.05) is 25.0 Å². The molecule has 1 saturated heterocycles. The van der Waals surface area contributed by atoms with Gasteiger partial charge in [-0.1, -0.05) is 49.4 Å². The number of hydrogen-bond acceptors (Lipinski definition) is 5. The monoisotopic (exact) mass is 463 g/mol. The lowest BCUT2D eigenvalue weighted by molar-refractivity contribution is -0.135. The second-order valence-electron chi connectivity index (χ2n) is 8.14. The van der Waals surface area contributed by atoms with Crippen LogP contribution in [0.5, 0.6) is 5.75 Å². The topological polar surface area (TPSA) is 71.5 Å². The Morgan fingerprint density at radius 2 is 1.82 bits per heavy atom. The number of aryl methyl sites for hydroxylation is 1. The molecule has 4 rings (SSSR count). The van der Waals surface area contributed by atoms with E-state index in [1.54, 1.807) is 0 Å². The van der Waals surface area contributed by atoms with Crippen LogP contribution in [0.1, 0.15) is 31.7 Å². The third kappa shape index (κ3) is 6.20. The van der Waals surface area contributed by atoms with Crippen molar-refractivity contribution in [3.63, 3.8) is 0 Å². The lowest BCUT2D eigenvalue weighted by Gasteiger charge is -2.31. The molecule has 0 saturated carbocycles. The number of piperidine rings is 1. The summed E-state index contributed by atoms with van der Waals surface area (Å²) in [6.07, 6.45) is 2.67. The van der Waals surface area contributed by atoms with Crippen LogP contribution < -0.4 is 10.1 Å². The molecule has 7 heteroatoms. The third-order valence-electron chi connectivity index (χ3n) is 5.94. The molecule has 1 aliphatic rings. The van der Waals surface area contributed by atoms with Crippen LogP contribution in [0.3, 0.4) is 0 Å². The minimum absolute atomic E-state index is 0.0169. The van der Waals surface area contributed by atoms with E-state index in [2.05, 4.69) is 41.5 Å². The molecule has 6 nitrogen and oxygen atoms in total. The number of benzene rings is 2. The summed E-state index contributed by atoms with van der Waals surface area (Å²) in [5.74, 6) is 0.718. The highest BCUT2D eigenvalue weighted by Gasteiger charge is 2.27. The molecule has 1 fully saturated rings. The van der Waals surface area contributed by atoms with Crippen molar-refractivity contribution in [2.24, 2.45) is 5.92 Å². The predicted molar refractivity (Wildman–Crippen MR) is 131 cm³/mol. The molecule has 2 heterocycles. The first kappa shape index (κ1) is 23.0. The SMILES string of the molecule is CCc1ccc(-c2csc(NC(=O)C3CCN(C(=O)CCOc4ccccc4)CC3)n2)cc1. The van der Waals surface area contributed by atoms with Crippen LogP contribution in [-0.4, -0.2) is 41.4 Å². The highest BCUT2D eigenvalue weighted by Crippen LogP contribution is 2.27. The van der Waals surface area contributed by atoms with E-state index in [9.17, 15) is 9.59 Å². The maximum absolute atomic E-state index is 12.7. The number of rotatable bonds is 8. The molecule has 1 aromatic heterocycles. The van der Waals surface area contributed by atoms with Gasteiger partial charge in [0.05, 0.1) is 18.7 Å². The molecule has 3 aromatic rings. The first-order chi connectivity index (χ1) is 16.1. The summed E-state index contributed by atoms with van der Waals surface area (Å²) in [6, 6.07) is 17.8. The van der Waals surface area contributed by atoms with Crippen LogP contribution in [-0.2, 0) is 16.0 Å². The fourth-order valence-corrected chi connectivity index (χ4v) is 4.63. The summed E-state index contributed by atoms with van der Waals surface area (Å²) in [6.45, 7) is 3.67. The van der Waals surface area contributed by atoms with Crippen LogP contribution in [0.25, 0.3) is 11.3 Å². The first-order valence-electron chi connectivity index (χ1n) is 11.4. The Balaban J connectivity index is 1.21. The lowest BCUT2D eigenvalue weighted by Crippen LogP contribution is -2.41. The number of carbonyl (C=O) groups is 2. The van der Waals surface area contributed by atoms with Crippen molar-refractivity contribution < 1.29 is 14.3 Å². The average molecular weight is 464 g/mol. The van der Waals surface area contributed by atoms with E-state index < -0.39 is 0 Å². The van der Waals surface area contributed by atoms with Crippen LogP contribution in [0.4, 0.5) is 5.13 Å². The number of aromatic nitrogens is 1. The van der Waals surface area contributed by atoms with Gasteiger partial charge in [0.15, 0.2) is 5.13 Å². The summed E-state index contributed by atoms with van der Waals surface area (Å²) < 4.78 is 5.62. The number of nitrogens with zero attached hydrogens (tertiary/aromatic N) is 2. The fourth-order valence-electron chi connectivity index (χ4n) is 3.90. The molecule has 1 N–H and O–H groups in total. The highest BCUT2D eigenvalue weighted by molar-refractivity contribution is 7.14. The van der Waals surface area contributed by atoms with Gasteiger partial charge in [-0.15, -0.1) is 11.3 Å². The maximum Gasteiger partial charge on any atom is 0.229 e. The Morgan fingerprint density at radius 3 is 2.52 bits per heavy atom. The van der Waals surface area contributed by atoms with Crippen molar-refractivity contribution in [3.05, 3.63) is 65.5 Å². The highest BCUT2D eigenvalue weighted by atomic mass is 32.1. The fraction of sp³-hybridized carbons (Fsp3) is 0.346. The molecule has 0 unspecified atom stereocenters. The van der Waals surface area contributed by atoms with Crippen LogP contribution in [0.15, 0.2) is 60.0 Å². The molecule has 0 spiro atoms. The van der Waals surface area contributed by atoms with E-state index >= 15 is 0 Å². The third-order valence-corrected chi connectivity index (χ3v) is 6.70. The van der Waals surface area contributed by atoms with Crippen molar-refractivity contribution in [1.82, 2.24) is 9.88 Å². The zero-order valence-electron chi connectivity index (χ0n) is 18.8. The molecular weight excluding hydrogens is 434 g/mol. The molecule has 0 aliphatic carbocycles. The number of para-hydroxylation sites is 1. The standard InChI is InChI=1S/C26H29N3O3S/c1-2-19-8-10-20(11-9-19)23-18-33-26(27-23)28-25(31)21-12-15-29(16-13-21)24(30)14-17-32-22-6-4-3-5-7-22/h3-11,18,21H,2,12-17H2,1H3,(H,27,28,31). The Kier molecular flexibility index (Phi) is 7.73. The number of ether oxygens (including phenoxy) is 1. The van der Waals surface area contributed by atoms with E-state index in [1.165, 1.54) is 16.9 Å². The molecular formula is C26H29N3O3S. The van der Waals surface area contributed by atoms with Gasteiger partial charge < -0.3 is 15.0 Å². The second-order valence-corrected chi connectivity index (χ2v) is 9.00. The predicted octanol–water partition coefficient (Wildman–Crippen LogP) is 5.02. The molecule has 0 bridgehead atoms. The Labute approximate surface area is 198 Å². The summed E-state index contributed by atoms with van der Waals surface area (Å²) >= 11 is 1.44. The number of nitrogens with one attached hydrogen (secondary N) is 1. The van der Waals surface area contributed by atoms with E-state index in [4.69, 9.17) is 4.74 Å². The normalized spacial score (nSPS) is 14.2. The Hall–Kier alpha value is -3.19. The summed E-state index contributed by atoms with van der Waals surface area (Å²) in [5, 5.41) is 5.55. The Bertz CT molecular complexity index is 1060. The van der Waals surface area contributed by atoms with E-state index in [0.717, 1.165) is 23.4 Å². The molecule has 0 radical (unpaired) electrons. The molecule has 172 valence electrons. The van der Waals surface area contributed by atoms with E-state index in [1.807, 2.05) is 40.6 Å². The number of thiazole rings is 1. The van der Waals surface area contributed by atoms with E-state index in [-0.39, 0.29) is 17.7 Å². The van der Waals surface area contributed by atoms with Crippen molar-refractivity contribution >= 4 is 28.3 Å². The maximum atomic E-state index is 12.7. The second kappa shape index (κ2) is 11.1. The number of amides is 2. The number of carbonyl (C=O) groups excluding carboxylic acids is 2. The van der Waals surface area contributed by atoms with Gasteiger partial charge in [0.2, 0.25) is 11.8 Å². The van der Waals surface area contributed by atoms with Gasteiger partial charge in [-0.3, -0.25) is 9.59 Å². The van der Waals surface area contributed by atoms with Gasteiger partial charge >= 0.3 is 0 Å². The Morgan fingerprint density at radius 1 is 1.09 bits per heavy atom. The van der Waals surface area contributed by atoms with Gasteiger partial charge in [0.1, 0.15) is 5.75 Å². The molecule has 2 amide bonds. The smallest absolute Gasteiger partial charge is 0.229 e. The summed E-state index contributed by atoms with van der Waals surface area (Å²) in [5.41, 5.74) is 3.21.